The molecule has 106 valence electrons. The molecule has 1 N–H and O–H groups in total. The molecular formula is C14H15NO5. The molecule has 0 aliphatic heterocycles. The number of benzene rings is 1. The fraction of sp³-hybridized carbons (Fsp3) is 0.429. The number of nitrogens with zero attached hydrogens (tertiary/aromatic N) is 1. The van der Waals surface area contributed by atoms with Crippen molar-refractivity contribution < 1.29 is 19.6 Å². The molecular weight excluding hydrogens is 262 g/mol. The number of rotatable bonds is 5. The van der Waals surface area contributed by atoms with Crippen LogP contribution in [0, 0.1) is 22.0 Å². The van der Waals surface area contributed by atoms with Crippen LogP contribution >= 0.6 is 0 Å². The molecule has 2 rings (SSSR count). The Morgan fingerprint density at radius 3 is 2.60 bits per heavy atom. The third-order valence-corrected chi connectivity index (χ3v) is 3.77. The van der Waals surface area contributed by atoms with Crippen molar-refractivity contribution in [3.05, 3.63) is 39.9 Å². The van der Waals surface area contributed by atoms with Gasteiger partial charge in [0.25, 0.3) is 5.69 Å². The van der Waals surface area contributed by atoms with E-state index >= 15 is 0 Å². The lowest BCUT2D eigenvalue weighted by Crippen LogP contribution is -2.12. The van der Waals surface area contributed by atoms with E-state index in [4.69, 9.17) is 5.11 Å². The first-order chi connectivity index (χ1) is 9.49. The Morgan fingerprint density at radius 1 is 1.30 bits per heavy atom. The number of hydrogen-bond donors (Lipinski definition) is 1. The second-order valence-corrected chi connectivity index (χ2v) is 5.12. The summed E-state index contributed by atoms with van der Waals surface area (Å²) in [5.41, 5.74) is -0.0819. The molecule has 0 spiro atoms. The summed E-state index contributed by atoms with van der Waals surface area (Å²) in [5.74, 6) is -1.50. The number of carboxylic acid groups (broad SMARTS) is 1. The van der Waals surface area contributed by atoms with Gasteiger partial charge < -0.3 is 5.11 Å². The fourth-order valence-corrected chi connectivity index (χ4v) is 2.73. The zero-order valence-corrected chi connectivity index (χ0v) is 10.8. The van der Waals surface area contributed by atoms with E-state index < -0.39 is 16.8 Å². The summed E-state index contributed by atoms with van der Waals surface area (Å²) >= 11 is 0. The average molecular weight is 277 g/mol. The number of nitro benzene ring substituents is 1. The molecule has 0 bridgehead atoms. The Balaban J connectivity index is 2.06. The number of aliphatic carboxylic acids is 1. The summed E-state index contributed by atoms with van der Waals surface area (Å²) in [4.78, 5) is 33.3. The second kappa shape index (κ2) is 5.81. The number of carbonyl (C=O) groups excluding carboxylic acids is 1. The van der Waals surface area contributed by atoms with E-state index in [-0.39, 0.29) is 29.4 Å². The minimum Gasteiger partial charge on any atom is -0.481 e. The summed E-state index contributed by atoms with van der Waals surface area (Å²) in [6, 6.07) is 5.87. The first kappa shape index (κ1) is 14.2. The molecule has 1 aliphatic carbocycles. The Kier molecular flexibility index (Phi) is 4.12. The highest BCUT2D eigenvalue weighted by Crippen LogP contribution is 2.34. The van der Waals surface area contributed by atoms with Crippen LogP contribution in [-0.2, 0) is 4.79 Å². The number of para-hydroxylation sites is 1. The molecule has 0 saturated heterocycles. The highest BCUT2D eigenvalue weighted by Gasteiger charge is 2.32. The van der Waals surface area contributed by atoms with E-state index in [2.05, 4.69) is 0 Å². The van der Waals surface area contributed by atoms with Crippen molar-refractivity contribution in [3.63, 3.8) is 0 Å². The van der Waals surface area contributed by atoms with Crippen LogP contribution < -0.4 is 0 Å². The molecule has 6 heteroatoms. The SMILES string of the molecule is O=C(C[C@H]1CC[C@@H](C(=O)O)C1)c1ccccc1[N+](=O)[O-]. The minimum absolute atomic E-state index is 0.00316. The van der Waals surface area contributed by atoms with Crippen molar-refractivity contribution in [2.75, 3.05) is 0 Å². The molecule has 2 atom stereocenters. The second-order valence-electron chi connectivity index (χ2n) is 5.12. The molecule has 6 nitrogen and oxygen atoms in total. The first-order valence-electron chi connectivity index (χ1n) is 6.48. The molecule has 20 heavy (non-hydrogen) atoms. The topological polar surface area (TPSA) is 97.5 Å². The maximum absolute atomic E-state index is 12.2. The van der Waals surface area contributed by atoms with Gasteiger partial charge >= 0.3 is 5.97 Å². The zero-order chi connectivity index (χ0) is 14.7. The molecule has 0 amide bonds. The Bertz CT molecular complexity index is 554. The largest absolute Gasteiger partial charge is 0.481 e. The van der Waals surface area contributed by atoms with Crippen LogP contribution in [-0.4, -0.2) is 21.8 Å². The first-order valence-corrected chi connectivity index (χ1v) is 6.48. The molecule has 1 aromatic rings. The highest BCUT2D eigenvalue weighted by molar-refractivity contribution is 5.99. The maximum atomic E-state index is 12.2. The van der Waals surface area contributed by atoms with Gasteiger partial charge in [0.1, 0.15) is 0 Å². The van der Waals surface area contributed by atoms with Gasteiger partial charge in [0.2, 0.25) is 0 Å². The average Bonchev–Trinajstić information content (AvgIpc) is 2.87. The predicted octanol–water partition coefficient (Wildman–Crippen LogP) is 2.67. The lowest BCUT2D eigenvalue weighted by atomic mass is 9.95. The van der Waals surface area contributed by atoms with Crippen molar-refractivity contribution >= 4 is 17.4 Å². The van der Waals surface area contributed by atoms with Crippen LogP contribution in [0.15, 0.2) is 24.3 Å². The molecule has 1 aliphatic rings. The van der Waals surface area contributed by atoms with Crippen LogP contribution in [0.5, 0.6) is 0 Å². The monoisotopic (exact) mass is 277 g/mol. The van der Waals surface area contributed by atoms with Crippen LogP contribution in [0.4, 0.5) is 5.69 Å². The highest BCUT2D eigenvalue weighted by atomic mass is 16.6. The van der Waals surface area contributed by atoms with E-state index in [0.717, 1.165) is 0 Å². The van der Waals surface area contributed by atoms with Crippen molar-refractivity contribution in [2.24, 2.45) is 11.8 Å². The van der Waals surface area contributed by atoms with E-state index in [1.807, 2.05) is 0 Å². The normalized spacial score (nSPS) is 21.6. The predicted molar refractivity (Wildman–Crippen MR) is 70.5 cm³/mol. The number of carbonyl (C=O) groups is 2. The Labute approximate surface area is 115 Å². The molecule has 1 fully saturated rings. The Hall–Kier alpha value is -2.24. The number of nitro groups is 1. The quantitative estimate of drug-likeness (QED) is 0.507. The van der Waals surface area contributed by atoms with E-state index in [9.17, 15) is 19.7 Å². The lowest BCUT2D eigenvalue weighted by Gasteiger charge is -2.08. The summed E-state index contributed by atoms with van der Waals surface area (Å²) < 4.78 is 0. The van der Waals surface area contributed by atoms with Crippen LogP contribution in [0.2, 0.25) is 0 Å². The fourth-order valence-electron chi connectivity index (χ4n) is 2.73. The summed E-state index contributed by atoms with van der Waals surface area (Å²) in [6.07, 6.45) is 1.91. The molecule has 1 saturated carbocycles. The lowest BCUT2D eigenvalue weighted by molar-refractivity contribution is -0.385. The Morgan fingerprint density at radius 2 is 2.00 bits per heavy atom. The number of ketones is 1. The van der Waals surface area contributed by atoms with Crippen molar-refractivity contribution in [1.29, 1.82) is 0 Å². The number of carboxylic acids is 1. The smallest absolute Gasteiger partial charge is 0.306 e. The third-order valence-electron chi connectivity index (χ3n) is 3.77. The van der Waals surface area contributed by atoms with Crippen molar-refractivity contribution in [2.45, 2.75) is 25.7 Å². The van der Waals surface area contributed by atoms with Crippen LogP contribution in [0.3, 0.4) is 0 Å². The van der Waals surface area contributed by atoms with E-state index in [0.29, 0.717) is 19.3 Å². The number of Topliss-reactive ketones (excluding diaryl/α,β-unsaturated/α-hetero) is 1. The van der Waals surface area contributed by atoms with Gasteiger partial charge in [-0.15, -0.1) is 0 Å². The van der Waals surface area contributed by atoms with Gasteiger partial charge in [0.05, 0.1) is 16.4 Å². The molecule has 0 radical (unpaired) electrons. The summed E-state index contributed by atoms with van der Waals surface area (Å²) in [6.45, 7) is 0. The third kappa shape index (κ3) is 3.01. The van der Waals surface area contributed by atoms with Gasteiger partial charge in [-0.25, -0.2) is 0 Å². The van der Waals surface area contributed by atoms with Gasteiger partial charge in [-0.05, 0) is 31.2 Å². The number of hydrogen-bond acceptors (Lipinski definition) is 4. The van der Waals surface area contributed by atoms with Crippen molar-refractivity contribution in [1.82, 2.24) is 0 Å². The molecule has 1 aromatic carbocycles. The van der Waals surface area contributed by atoms with Crippen LogP contribution in [0.25, 0.3) is 0 Å². The van der Waals surface area contributed by atoms with Crippen molar-refractivity contribution in [3.8, 4) is 0 Å². The summed E-state index contributed by atoms with van der Waals surface area (Å²) in [7, 11) is 0. The minimum atomic E-state index is -0.828. The molecule has 0 unspecified atom stereocenters. The zero-order valence-electron chi connectivity index (χ0n) is 10.8. The van der Waals surface area contributed by atoms with Gasteiger partial charge in [0, 0.05) is 12.5 Å². The summed E-state index contributed by atoms with van der Waals surface area (Å²) in [5, 5.41) is 19.8. The van der Waals surface area contributed by atoms with Gasteiger partial charge in [-0.1, -0.05) is 12.1 Å². The van der Waals surface area contributed by atoms with E-state index in [1.165, 1.54) is 18.2 Å². The van der Waals surface area contributed by atoms with Gasteiger partial charge in [-0.2, -0.15) is 0 Å². The van der Waals surface area contributed by atoms with Gasteiger partial charge in [-0.3, -0.25) is 19.7 Å². The van der Waals surface area contributed by atoms with E-state index in [1.54, 1.807) is 6.07 Å². The van der Waals surface area contributed by atoms with Crippen LogP contribution in [0.1, 0.15) is 36.0 Å². The molecule has 0 heterocycles. The maximum Gasteiger partial charge on any atom is 0.306 e. The van der Waals surface area contributed by atoms with Gasteiger partial charge in [0.15, 0.2) is 5.78 Å². The standard InChI is InChI=1S/C14H15NO5/c16-13(8-9-5-6-10(7-9)14(17)18)11-3-1-2-4-12(11)15(19)20/h1-4,9-10H,5-8H2,(H,17,18)/t9-,10+/m0/s1. The molecule has 0 aromatic heterocycles.